The van der Waals surface area contributed by atoms with Crippen LogP contribution in [0.15, 0.2) is 12.1 Å². The van der Waals surface area contributed by atoms with E-state index in [-0.39, 0.29) is 5.41 Å². The van der Waals surface area contributed by atoms with E-state index in [0.29, 0.717) is 0 Å². The fraction of sp³-hybridized carbons (Fsp3) is 0.538. The van der Waals surface area contributed by atoms with Gasteiger partial charge in [0.05, 0.1) is 5.52 Å². The van der Waals surface area contributed by atoms with Crippen LogP contribution in [-0.2, 0) is 5.41 Å². The molecule has 0 bridgehead atoms. The summed E-state index contributed by atoms with van der Waals surface area (Å²) in [6, 6.07) is 4.10. The van der Waals surface area contributed by atoms with Gasteiger partial charge in [0, 0.05) is 11.1 Å². The molecule has 2 aromatic heterocycles. The van der Waals surface area contributed by atoms with E-state index in [2.05, 4.69) is 27.9 Å². The Balaban J connectivity index is 2.11. The highest BCUT2D eigenvalue weighted by Crippen LogP contribution is 2.39. The van der Waals surface area contributed by atoms with Crippen molar-refractivity contribution >= 4 is 11.2 Å². The van der Waals surface area contributed by atoms with Gasteiger partial charge < -0.3 is 4.98 Å². The van der Waals surface area contributed by atoms with Crippen LogP contribution in [0.3, 0.4) is 0 Å². The monoisotopic (exact) mass is 215 g/mol. The molecular weight excluding hydrogens is 198 g/mol. The van der Waals surface area contributed by atoms with Crippen LogP contribution in [0.2, 0.25) is 0 Å². The number of imidazole rings is 1. The molecule has 1 saturated carbocycles. The van der Waals surface area contributed by atoms with Crippen molar-refractivity contribution in [3.05, 3.63) is 23.7 Å². The van der Waals surface area contributed by atoms with Gasteiger partial charge in [-0.15, -0.1) is 0 Å². The van der Waals surface area contributed by atoms with E-state index in [1.54, 1.807) is 0 Å². The average Bonchev–Trinajstić information content (AvgIpc) is 2.84. The summed E-state index contributed by atoms with van der Waals surface area (Å²) in [4.78, 5) is 12.5. The van der Waals surface area contributed by atoms with Crippen molar-refractivity contribution < 1.29 is 0 Å². The molecule has 0 radical (unpaired) electrons. The molecule has 3 heteroatoms. The number of nitrogens with one attached hydrogen (secondary N) is 1. The Morgan fingerprint density at radius 2 is 1.94 bits per heavy atom. The first-order valence-corrected chi connectivity index (χ1v) is 6.01. The quantitative estimate of drug-likeness (QED) is 0.794. The van der Waals surface area contributed by atoms with Crippen molar-refractivity contribution in [2.75, 3.05) is 0 Å². The number of H-pyrrole nitrogens is 1. The molecule has 16 heavy (non-hydrogen) atoms. The minimum Gasteiger partial charge on any atom is -0.340 e. The van der Waals surface area contributed by atoms with Crippen LogP contribution in [0, 0.1) is 6.92 Å². The summed E-state index contributed by atoms with van der Waals surface area (Å²) in [6.07, 6.45) is 5.12. The van der Waals surface area contributed by atoms with E-state index < -0.39 is 0 Å². The third kappa shape index (κ3) is 1.42. The highest BCUT2D eigenvalue weighted by molar-refractivity contribution is 5.70. The third-order valence-corrected chi connectivity index (χ3v) is 3.76. The van der Waals surface area contributed by atoms with Gasteiger partial charge in [0.1, 0.15) is 5.82 Å². The minimum atomic E-state index is 0.245. The topological polar surface area (TPSA) is 41.6 Å². The summed E-state index contributed by atoms with van der Waals surface area (Å²) >= 11 is 0. The van der Waals surface area contributed by atoms with Crippen molar-refractivity contribution in [1.82, 2.24) is 15.0 Å². The summed E-state index contributed by atoms with van der Waals surface area (Å²) in [5, 5.41) is 0. The number of pyridine rings is 1. The zero-order valence-corrected chi connectivity index (χ0v) is 9.88. The van der Waals surface area contributed by atoms with Crippen molar-refractivity contribution in [2.24, 2.45) is 0 Å². The van der Waals surface area contributed by atoms with Gasteiger partial charge in [-0.1, -0.05) is 19.8 Å². The lowest BCUT2D eigenvalue weighted by Crippen LogP contribution is -2.18. The molecule has 1 fully saturated rings. The molecule has 1 aliphatic rings. The van der Waals surface area contributed by atoms with Crippen molar-refractivity contribution in [1.29, 1.82) is 0 Å². The van der Waals surface area contributed by atoms with Gasteiger partial charge in [0.25, 0.3) is 0 Å². The molecule has 0 spiro atoms. The molecule has 0 saturated heterocycles. The molecule has 0 aromatic carbocycles. The molecule has 2 aromatic rings. The highest BCUT2D eigenvalue weighted by Gasteiger charge is 2.33. The maximum atomic E-state index is 4.66. The summed E-state index contributed by atoms with van der Waals surface area (Å²) in [5.41, 5.74) is 3.20. The molecule has 3 nitrogen and oxygen atoms in total. The number of aromatic nitrogens is 3. The Morgan fingerprint density at radius 3 is 2.69 bits per heavy atom. The SMILES string of the molecule is Cc1ccc2[nH]c(C3(C)CCCC3)nc2n1. The van der Waals surface area contributed by atoms with Crippen molar-refractivity contribution in [3.8, 4) is 0 Å². The van der Waals surface area contributed by atoms with Crippen LogP contribution in [0.4, 0.5) is 0 Å². The molecule has 0 aliphatic heterocycles. The second-order valence-corrected chi connectivity index (χ2v) is 5.18. The largest absolute Gasteiger partial charge is 0.340 e. The van der Waals surface area contributed by atoms with Crippen LogP contribution >= 0.6 is 0 Å². The van der Waals surface area contributed by atoms with Gasteiger partial charge in [-0.25, -0.2) is 9.97 Å². The lowest BCUT2D eigenvalue weighted by molar-refractivity contribution is 0.464. The number of rotatable bonds is 1. The maximum Gasteiger partial charge on any atom is 0.177 e. The number of aryl methyl sites for hydroxylation is 1. The van der Waals surface area contributed by atoms with Crippen LogP contribution < -0.4 is 0 Å². The van der Waals surface area contributed by atoms with Crippen LogP contribution in [-0.4, -0.2) is 15.0 Å². The zero-order valence-electron chi connectivity index (χ0n) is 9.88. The smallest absolute Gasteiger partial charge is 0.177 e. The second kappa shape index (κ2) is 3.30. The van der Waals surface area contributed by atoms with Crippen molar-refractivity contribution in [3.63, 3.8) is 0 Å². The van der Waals surface area contributed by atoms with E-state index in [1.807, 2.05) is 13.0 Å². The van der Waals surface area contributed by atoms with Crippen LogP contribution in [0.25, 0.3) is 11.2 Å². The molecular formula is C13H17N3. The highest BCUT2D eigenvalue weighted by atomic mass is 15.0. The molecule has 1 N–H and O–H groups in total. The fourth-order valence-corrected chi connectivity index (χ4v) is 2.67. The first kappa shape index (κ1) is 9.82. The molecule has 0 amide bonds. The van der Waals surface area contributed by atoms with E-state index in [9.17, 15) is 0 Å². The van der Waals surface area contributed by atoms with E-state index in [4.69, 9.17) is 0 Å². The molecule has 1 aliphatic carbocycles. The predicted molar refractivity (Wildman–Crippen MR) is 64.4 cm³/mol. The zero-order chi connectivity index (χ0) is 11.2. The Bertz CT molecular complexity index is 521. The van der Waals surface area contributed by atoms with Gasteiger partial charge in [-0.05, 0) is 31.9 Å². The van der Waals surface area contributed by atoms with E-state index in [0.717, 1.165) is 22.7 Å². The molecule has 2 heterocycles. The minimum absolute atomic E-state index is 0.245. The maximum absolute atomic E-state index is 4.66. The average molecular weight is 215 g/mol. The van der Waals surface area contributed by atoms with Gasteiger partial charge in [0.2, 0.25) is 0 Å². The normalized spacial score (nSPS) is 19.4. The summed E-state index contributed by atoms with van der Waals surface area (Å²) in [6.45, 7) is 4.32. The van der Waals surface area contributed by atoms with Gasteiger partial charge in [0.15, 0.2) is 5.65 Å². The van der Waals surface area contributed by atoms with Gasteiger partial charge in [-0.3, -0.25) is 0 Å². The first-order chi connectivity index (χ1) is 7.67. The van der Waals surface area contributed by atoms with Gasteiger partial charge >= 0.3 is 0 Å². The van der Waals surface area contributed by atoms with E-state index >= 15 is 0 Å². The van der Waals surface area contributed by atoms with Gasteiger partial charge in [-0.2, -0.15) is 0 Å². The lowest BCUT2D eigenvalue weighted by atomic mass is 9.88. The Morgan fingerprint density at radius 1 is 1.19 bits per heavy atom. The predicted octanol–water partition coefficient (Wildman–Crippen LogP) is 3.10. The third-order valence-electron chi connectivity index (χ3n) is 3.76. The standard InChI is InChI=1S/C13H17N3/c1-9-5-6-10-11(14-9)16-12(15-10)13(2)7-3-4-8-13/h5-6H,3-4,7-8H2,1-2H3,(H,14,15,16). The number of nitrogens with zero attached hydrogens (tertiary/aromatic N) is 2. The number of aromatic amines is 1. The number of fused-ring (bicyclic) bond motifs is 1. The van der Waals surface area contributed by atoms with Crippen LogP contribution in [0.5, 0.6) is 0 Å². The lowest BCUT2D eigenvalue weighted by Gasteiger charge is -2.19. The number of hydrogen-bond donors (Lipinski definition) is 1. The first-order valence-electron chi connectivity index (χ1n) is 6.01. The van der Waals surface area contributed by atoms with E-state index in [1.165, 1.54) is 25.7 Å². The molecule has 0 unspecified atom stereocenters. The Hall–Kier alpha value is -1.38. The summed E-state index contributed by atoms with van der Waals surface area (Å²) < 4.78 is 0. The number of hydrogen-bond acceptors (Lipinski definition) is 2. The van der Waals surface area contributed by atoms with Crippen LogP contribution in [0.1, 0.15) is 44.1 Å². The Kier molecular flexibility index (Phi) is 2.03. The molecule has 3 rings (SSSR count). The second-order valence-electron chi connectivity index (χ2n) is 5.18. The fourth-order valence-electron chi connectivity index (χ4n) is 2.67. The molecule has 84 valence electrons. The Labute approximate surface area is 95.3 Å². The molecule has 0 atom stereocenters. The van der Waals surface area contributed by atoms with Crippen molar-refractivity contribution in [2.45, 2.75) is 44.9 Å². The summed E-state index contributed by atoms with van der Waals surface area (Å²) in [5.74, 6) is 1.12. The summed E-state index contributed by atoms with van der Waals surface area (Å²) in [7, 11) is 0.